The number of hydrogen-bond donors (Lipinski definition) is 3. The van der Waals surface area contributed by atoms with E-state index in [1.54, 1.807) is 18.1 Å². The van der Waals surface area contributed by atoms with E-state index in [1.807, 2.05) is 0 Å². The van der Waals surface area contributed by atoms with Crippen molar-refractivity contribution in [1.29, 1.82) is 5.41 Å². The Hall–Kier alpha value is -1.59. The van der Waals surface area contributed by atoms with E-state index >= 15 is 0 Å². The molecular weight excluding hydrogens is 144 g/mol. The number of nitrogens with zero attached hydrogens (tertiary/aromatic N) is 3. The molecule has 0 aromatic carbocycles. The maximum Gasteiger partial charge on any atom is 0.186 e. The first kappa shape index (κ1) is 7.52. The van der Waals surface area contributed by atoms with Crippen LogP contribution in [0.1, 0.15) is 5.82 Å². The Morgan fingerprint density at radius 2 is 2.64 bits per heavy atom. The fourth-order valence-corrected chi connectivity index (χ4v) is 0.639. The molecule has 0 aliphatic carbocycles. The standard InChI is InChI=1S/C5H10N6/c1-11-3-9-4(10-11)2-8-5(6)7/h3H,2H2,1H3,(H4,6,7,8). The van der Waals surface area contributed by atoms with E-state index in [2.05, 4.69) is 15.4 Å². The Balaban J connectivity index is 2.45. The van der Waals surface area contributed by atoms with Gasteiger partial charge in [-0.25, -0.2) is 4.98 Å². The fourth-order valence-electron chi connectivity index (χ4n) is 0.639. The lowest BCUT2D eigenvalue weighted by Gasteiger charge is -1.97. The molecule has 11 heavy (non-hydrogen) atoms. The van der Waals surface area contributed by atoms with Crippen LogP contribution in [0.3, 0.4) is 0 Å². The Bertz CT molecular complexity index is 251. The zero-order valence-corrected chi connectivity index (χ0v) is 6.20. The smallest absolute Gasteiger partial charge is 0.186 e. The van der Waals surface area contributed by atoms with Crippen LogP contribution >= 0.6 is 0 Å². The summed E-state index contributed by atoms with van der Waals surface area (Å²) in [6.07, 6.45) is 1.59. The van der Waals surface area contributed by atoms with Gasteiger partial charge in [-0.05, 0) is 0 Å². The maximum atomic E-state index is 6.85. The molecule has 6 nitrogen and oxygen atoms in total. The van der Waals surface area contributed by atoms with E-state index in [1.165, 1.54) is 0 Å². The second-order valence-electron chi connectivity index (χ2n) is 2.10. The Kier molecular flexibility index (Phi) is 2.05. The number of hydrogen-bond acceptors (Lipinski definition) is 3. The van der Waals surface area contributed by atoms with Crippen molar-refractivity contribution in [3.8, 4) is 0 Å². The molecule has 0 aliphatic heterocycles. The topological polar surface area (TPSA) is 92.6 Å². The van der Waals surface area contributed by atoms with Crippen LogP contribution in [0.5, 0.6) is 0 Å². The number of aryl methyl sites for hydroxylation is 1. The summed E-state index contributed by atoms with van der Waals surface area (Å²) in [6.45, 7) is 0.399. The van der Waals surface area contributed by atoms with E-state index in [-0.39, 0.29) is 5.96 Å². The summed E-state index contributed by atoms with van der Waals surface area (Å²) in [5.74, 6) is 0.556. The average molecular weight is 154 g/mol. The third-order valence-electron chi connectivity index (χ3n) is 1.08. The maximum absolute atomic E-state index is 6.85. The van der Waals surface area contributed by atoms with Gasteiger partial charge in [-0.1, -0.05) is 0 Å². The molecule has 0 saturated heterocycles. The van der Waals surface area contributed by atoms with Crippen molar-refractivity contribution >= 4 is 5.96 Å². The highest BCUT2D eigenvalue weighted by Gasteiger charge is 1.96. The van der Waals surface area contributed by atoms with Crippen molar-refractivity contribution in [1.82, 2.24) is 20.1 Å². The average Bonchev–Trinajstić information content (AvgIpc) is 2.31. The quantitative estimate of drug-likeness (QED) is 0.368. The minimum absolute atomic E-state index is 0.0718. The van der Waals surface area contributed by atoms with Gasteiger partial charge in [0.25, 0.3) is 0 Å². The monoisotopic (exact) mass is 154 g/mol. The van der Waals surface area contributed by atoms with Crippen LogP contribution in [0.25, 0.3) is 0 Å². The van der Waals surface area contributed by atoms with Crippen LogP contribution in [0.15, 0.2) is 6.33 Å². The van der Waals surface area contributed by atoms with Crippen LogP contribution in [0, 0.1) is 5.41 Å². The summed E-state index contributed by atoms with van der Waals surface area (Å²) in [4.78, 5) is 3.92. The van der Waals surface area contributed by atoms with Crippen LogP contribution < -0.4 is 11.1 Å². The number of guanidine groups is 1. The van der Waals surface area contributed by atoms with Gasteiger partial charge < -0.3 is 11.1 Å². The number of aromatic nitrogens is 3. The Labute approximate surface area is 63.9 Å². The molecule has 1 aromatic heterocycles. The summed E-state index contributed by atoms with van der Waals surface area (Å²) in [5, 5.41) is 13.4. The fraction of sp³-hybridized carbons (Fsp3) is 0.400. The molecule has 0 atom stereocenters. The van der Waals surface area contributed by atoms with Crippen molar-refractivity contribution in [3.63, 3.8) is 0 Å². The lowest BCUT2D eigenvalue weighted by atomic mass is 10.6. The van der Waals surface area contributed by atoms with Gasteiger partial charge in [0.1, 0.15) is 6.33 Å². The molecule has 4 N–H and O–H groups in total. The highest BCUT2D eigenvalue weighted by molar-refractivity contribution is 5.74. The lowest BCUT2D eigenvalue weighted by molar-refractivity contribution is 0.727. The molecule has 0 spiro atoms. The summed E-state index contributed by atoms with van der Waals surface area (Å²) in [6, 6.07) is 0. The van der Waals surface area contributed by atoms with Crippen molar-refractivity contribution in [2.24, 2.45) is 12.8 Å². The molecule has 0 radical (unpaired) electrons. The minimum atomic E-state index is -0.0718. The Morgan fingerprint density at radius 1 is 1.91 bits per heavy atom. The van der Waals surface area contributed by atoms with Crippen LogP contribution in [0.4, 0.5) is 0 Å². The third-order valence-corrected chi connectivity index (χ3v) is 1.08. The van der Waals surface area contributed by atoms with Crippen LogP contribution in [-0.2, 0) is 13.6 Å². The Morgan fingerprint density at radius 3 is 3.09 bits per heavy atom. The zero-order valence-electron chi connectivity index (χ0n) is 6.20. The molecule has 0 fully saturated rings. The van der Waals surface area contributed by atoms with Gasteiger partial charge in [0.2, 0.25) is 0 Å². The molecule has 0 unspecified atom stereocenters. The summed E-state index contributed by atoms with van der Waals surface area (Å²) >= 11 is 0. The van der Waals surface area contributed by atoms with E-state index in [9.17, 15) is 0 Å². The lowest BCUT2D eigenvalue weighted by Crippen LogP contribution is -2.29. The van der Waals surface area contributed by atoms with Crippen LogP contribution in [0.2, 0.25) is 0 Å². The summed E-state index contributed by atoms with van der Waals surface area (Å²) in [5.41, 5.74) is 5.06. The zero-order chi connectivity index (χ0) is 8.27. The molecule has 1 aromatic rings. The predicted molar refractivity (Wildman–Crippen MR) is 39.8 cm³/mol. The second kappa shape index (κ2) is 3.00. The summed E-state index contributed by atoms with van der Waals surface area (Å²) < 4.78 is 1.59. The van der Waals surface area contributed by atoms with E-state index in [0.29, 0.717) is 12.4 Å². The highest BCUT2D eigenvalue weighted by atomic mass is 15.3. The molecule has 1 heterocycles. The molecule has 6 heteroatoms. The first-order chi connectivity index (χ1) is 5.18. The molecule has 60 valence electrons. The van der Waals surface area contributed by atoms with E-state index < -0.39 is 0 Å². The van der Waals surface area contributed by atoms with Gasteiger partial charge in [-0.2, -0.15) is 5.10 Å². The predicted octanol–water partition coefficient (Wildman–Crippen LogP) is -1.20. The van der Waals surface area contributed by atoms with Gasteiger partial charge in [-0.15, -0.1) is 0 Å². The van der Waals surface area contributed by atoms with E-state index in [4.69, 9.17) is 11.1 Å². The van der Waals surface area contributed by atoms with Crippen molar-refractivity contribution in [2.75, 3.05) is 0 Å². The normalized spacial score (nSPS) is 9.55. The van der Waals surface area contributed by atoms with Gasteiger partial charge in [0.15, 0.2) is 11.8 Å². The first-order valence-electron chi connectivity index (χ1n) is 3.11. The molecule has 0 aliphatic rings. The number of rotatable bonds is 2. The largest absolute Gasteiger partial charge is 0.370 e. The summed E-state index contributed by atoms with van der Waals surface area (Å²) in [7, 11) is 1.78. The van der Waals surface area contributed by atoms with Gasteiger partial charge in [0.05, 0.1) is 6.54 Å². The minimum Gasteiger partial charge on any atom is -0.370 e. The number of nitrogens with one attached hydrogen (secondary N) is 2. The molecule has 1 rings (SSSR count). The molecule has 0 amide bonds. The first-order valence-corrected chi connectivity index (χ1v) is 3.11. The second-order valence-corrected chi connectivity index (χ2v) is 2.10. The molecule has 0 bridgehead atoms. The molecular formula is C5H10N6. The number of nitrogens with two attached hydrogens (primary N) is 1. The van der Waals surface area contributed by atoms with Gasteiger partial charge in [0, 0.05) is 7.05 Å². The SMILES string of the molecule is Cn1cnc(CNC(=N)N)n1. The van der Waals surface area contributed by atoms with Gasteiger partial charge in [-0.3, -0.25) is 10.1 Å². The van der Waals surface area contributed by atoms with Gasteiger partial charge >= 0.3 is 0 Å². The van der Waals surface area contributed by atoms with E-state index in [0.717, 1.165) is 0 Å². The van der Waals surface area contributed by atoms with Crippen molar-refractivity contribution in [2.45, 2.75) is 6.54 Å². The highest BCUT2D eigenvalue weighted by Crippen LogP contribution is 1.84. The third kappa shape index (κ3) is 2.24. The molecule has 0 saturated carbocycles. The van der Waals surface area contributed by atoms with Crippen molar-refractivity contribution in [3.05, 3.63) is 12.2 Å². The van der Waals surface area contributed by atoms with Crippen molar-refractivity contribution < 1.29 is 0 Å². The van der Waals surface area contributed by atoms with Crippen LogP contribution in [-0.4, -0.2) is 20.7 Å².